The lowest BCUT2D eigenvalue weighted by Gasteiger charge is -2.08. The molecule has 94 valence electrons. The summed E-state index contributed by atoms with van der Waals surface area (Å²) in [6.07, 6.45) is 1.14. The van der Waals surface area contributed by atoms with Gasteiger partial charge in [-0.1, -0.05) is 18.2 Å². The normalized spacial score (nSPS) is 11.2. The highest BCUT2D eigenvalue weighted by molar-refractivity contribution is 7.90. The fraction of sp³-hybridized carbons (Fsp3) is 0.364. The van der Waals surface area contributed by atoms with Crippen molar-refractivity contribution < 1.29 is 17.9 Å². The zero-order valence-corrected chi connectivity index (χ0v) is 10.6. The molecule has 0 radical (unpaired) electrons. The lowest BCUT2D eigenvalue weighted by atomic mass is 10.2. The Morgan fingerprint density at radius 2 is 2.00 bits per heavy atom. The number of hydrogen-bond acceptors (Lipinski definition) is 4. The first kappa shape index (κ1) is 13.7. The Kier molecular flexibility index (Phi) is 4.65. The first-order valence-electron chi connectivity index (χ1n) is 4.98. The van der Waals surface area contributed by atoms with Crippen LogP contribution in [0.3, 0.4) is 0 Å². The highest BCUT2D eigenvalue weighted by Gasteiger charge is 2.12. The molecular formula is C11H15NO4S. The third kappa shape index (κ3) is 4.16. The number of rotatable bonds is 5. The van der Waals surface area contributed by atoms with Crippen molar-refractivity contribution in [1.82, 2.24) is 5.32 Å². The van der Waals surface area contributed by atoms with E-state index in [0.717, 1.165) is 6.26 Å². The number of carbonyl (C=O) groups is 1. The maximum atomic E-state index is 11.5. The molecule has 0 aromatic heterocycles. The molecule has 1 aromatic carbocycles. The Morgan fingerprint density at radius 3 is 2.59 bits per heavy atom. The highest BCUT2D eigenvalue weighted by atomic mass is 32.2. The van der Waals surface area contributed by atoms with Crippen LogP contribution in [0.4, 0.5) is 0 Å². The number of sulfone groups is 1. The highest BCUT2D eigenvalue weighted by Crippen LogP contribution is 2.14. The van der Waals surface area contributed by atoms with Crippen LogP contribution in [0.5, 0.6) is 0 Å². The molecule has 0 saturated carbocycles. The lowest BCUT2D eigenvalue weighted by Crippen LogP contribution is -2.27. The van der Waals surface area contributed by atoms with Crippen LogP contribution in [-0.2, 0) is 25.9 Å². The van der Waals surface area contributed by atoms with E-state index in [-0.39, 0.29) is 24.0 Å². The van der Waals surface area contributed by atoms with Crippen LogP contribution < -0.4 is 5.32 Å². The van der Waals surface area contributed by atoms with Crippen molar-refractivity contribution in [3.8, 4) is 0 Å². The van der Waals surface area contributed by atoms with Gasteiger partial charge in [-0.3, -0.25) is 4.79 Å². The molecule has 1 rings (SSSR count). The summed E-state index contributed by atoms with van der Waals surface area (Å²) in [4.78, 5) is 11.4. The van der Waals surface area contributed by atoms with Crippen LogP contribution in [-0.4, -0.2) is 34.3 Å². The van der Waals surface area contributed by atoms with Crippen LogP contribution in [0.1, 0.15) is 5.56 Å². The summed E-state index contributed by atoms with van der Waals surface area (Å²) in [5, 5.41) is 2.58. The zero-order valence-electron chi connectivity index (χ0n) is 9.76. The zero-order chi connectivity index (χ0) is 12.9. The predicted octanol–water partition coefficient (Wildman–Crippen LogP) is 0.353. The number of ether oxygens (including phenoxy) is 1. The van der Waals surface area contributed by atoms with E-state index < -0.39 is 9.84 Å². The van der Waals surface area contributed by atoms with Gasteiger partial charge in [0.2, 0.25) is 5.91 Å². The summed E-state index contributed by atoms with van der Waals surface area (Å²) >= 11 is 0. The Balaban J connectivity index is 2.82. The molecular weight excluding hydrogens is 242 g/mol. The second-order valence-corrected chi connectivity index (χ2v) is 5.57. The maximum Gasteiger partial charge on any atom is 0.246 e. The number of amides is 1. The average Bonchev–Trinajstić information content (AvgIpc) is 2.26. The molecule has 0 heterocycles. The number of carbonyl (C=O) groups excluding carboxylic acids is 1. The van der Waals surface area contributed by atoms with Crippen LogP contribution in [0.25, 0.3) is 0 Å². The van der Waals surface area contributed by atoms with Crippen molar-refractivity contribution in [2.75, 3.05) is 20.0 Å². The Morgan fingerprint density at radius 1 is 1.35 bits per heavy atom. The second-order valence-electron chi connectivity index (χ2n) is 3.59. The monoisotopic (exact) mass is 257 g/mol. The molecule has 0 bridgehead atoms. The molecule has 1 amide bonds. The van der Waals surface area contributed by atoms with Gasteiger partial charge in [-0.25, -0.2) is 8.42 Å². The fourth-order valence-corrected chi connectivity index (χ4v) is 2.33. The Hall–Kier alpha value is -1.40. The van der Waals surface area contributed by atoms with E-state index in [4.69, 9.17) is 0 Å². The SMILES string of the molecule is COCC(=O)NCc1ccccc1S(C)(=O)=O. The van der Waals surface area contributed by atoms with Gasteiger partial charge in [-0.2, -0.15) is 0 Å². The van der Waals surface area contributed by atoms with E-state index in [2.05, 4.69) is 10.1 Å². The Labute approximate surface area is 101 Å². The minimum Gasteiger partial charge on any atom is -0.375 e. The van der Waals surface area contributed by atoms with Crippen molar-refractivity contribution in [3.05, 3.63) is 29.8 Å². The average molecular weight is 257 g/mol. The first-order valence-corrected chi connectivity index (χ1v) is 6.88. The molecule has 5 nitrogen and oxygen atoms in total. The van der Waals surface area contributed by atoms with Crippen LogP contribution >= 0.6 is 0 Å². The van der Waals surface area contributed by atoms with Gasteiger partial charge in [0.15, 0.2) is 9.84 Å². The van der Waals surface area contributed by atoms with Crippen molar-refractivity contribution >= 4 is 15.7 Å². The van der Waals surface area contributed by atoms with Crippen molar-refractivity contribution in [2.24, 2.45) is 0 Å². The third-order valence-corrected chi connectivity index (χ3v) is 3.32. The number of hydrogen-bond donors (Lipinski definition) is 1. The lowest BCUT2D eigenvalue weighted by molar-refractivity contribution is -0.124. The van der Waals surface area contributed by atoms with Gasteiger partial charge in [0.1, 0.15) is 6.61 Å². The molecule has 0 atom stereocenters. The second kappa shape index (κ2) is 5.79. The van der Waals surface area contributed by atoms with Gasteiger partial charge >= 0.3 is 0 Å². The summed E-state index contributed by atoms with van der Waals surface area (Å²) in [5.74, 6) is -0.282. The minimum absolute atomic E-state index is 0.0406. The standard InChI is InChI=1S/C11H15NO4S/c1-16-8-11(13)12-7-9-5-3-4-6-10(9)17(2,14)15/h3-6H,7-8H2,1-2H3,(H,12,13). The summed E-state index contributed by atoms with van der Waals surface area (Å²) in [6, 6.07) is 6.57. The summed E-state index contributed by atoms with van der Waals surface area (Å²) in [5.41, 5.74) is 0.569. The summed E-state index contributed by atoms with van der Waals surface area (Å²) in [7, 11) is -1.86. The summed E-state index contributed by atoms with van der Waals surface area (Å²) < 4.78 is 27.6. The molecule has 0 spiro atoms. The summed E-state index contributed by atoms with van der Waals surface area (Å²) in [6.45, 7) is 0.131. The van der Waals surface area contributed by atoms with Crippen molar-refractivity contribution in [2.45, 2.75) is 11.4 Å². The van der Waals surface area contributed by atoms with Crippen molar-refractivity contribution in [3.63, 3.8) is 0 Å². The van der Waals surface area contributed by atoms with Gasteiger partial charge in [-0.05, 0) is 11.6 Å². The molecule has 1 N–H and O–H groups in total. The first-order chi connectivity index (χ1) is 7.95. The number of methoxy groups -OCH3 is 1. The van der Waals surface area contributed by atoms with E-state index in [9.17, 15) is 13.2 Å². The molecule has 6 heteroatoms. The van der Waals surface area contributed by atoms with E-state index in [0.29, 0.717) is 5.56 Å². The van der Waals surface area contributed by atoms with Gasteiger partial charge in [0.05, 0.1) is 4.90 Å². The minimum atomic E-state index is -3.28. The molecule has 17 heavy (non-hydrogen) atoms. The van der Waals surface area contributed by atoms with Gasteiger partial charge < -0.3 is 10.1 Å². The van der Waals surface area contributed by atoms with Crippen LogP contribution in [0.2, 0.25) is 0 Å². The molecule has 1 aromatic rings. The van der Waals surface area contributed by atoms with Gasteiger partial charge in [0.25, 0.3) is 0 Å². The smallest absolute Gasteiger partial charge is 0.246 e. The molecule has 0 aliphatic rings. The van der Waals surface area contributed by atoms with E-state index in [1.54, 1.807) is 18.2 Å². The van der Waals surface area contributed by atoms with E-state index >= 15 is 0 Å². The largest absolute Gasteiger partial charge is 0.375 e. The number of benzene rings is 1. The maximum absolute atomic E-state index is 11.5. The predicted molar refractivity (Wildman–Crippen MR) is 63.3 cm³/mol. The van der Waals surface area contributed by atoms with E-state index in [1.165, 1.54) is 13.2 Å². The molecule has 0 saturated heterocycles. The van der Waals surface area contributed by atoms with Crippen LogP contribution in [0.15, 0.2) is 29.2 Å². The number of nitrogens with one attached hydrogen (secondary N) is 1. The fourth-order valence-electron chi connectivity index (χ4n) is 1.39. The van der Waals surface area contributed by atoms with Crippen LogP contribution in [0, 0.1) is 0 Å². The van der Waals surface area contributed by atoms with Gasteiger partial charge in [-0.15, -0.1) is 0 Å². The topological polar surface area (TPSA) is 72.5 Å². The molecule has 0 aliphatic carbocycles. The van der Waals surface area contributed by atoms with Crippen molar-refractivity contribution in [1.29, 1.82) is 0 Å². The van der Waals surface area contributed by atoms with Gasteiger partial charge in [0, 0.05) is 19.9 Å². The molecule has 0 aliphatic heterocycles. The Bertz CT molecular complexity index is 496. The molecule has 0 fully saturated rings. The van der Waals surface area contributed by atoms with E-state index in [1.807, 2.05) is 0 Å². The molecule has 0 unspecified atom stereocenters. The quantitative estimate of drug-likeness (QED) is 0.826. The third-order valence-electron chi connectivity index (χ3n) is 2.12.